The highest BCUT2D eigenvalue weighted by Crippen LogP contribution is 2.26. The lowest BCUT2D eigenvalue weighted by Gasteiger charge is -2.22. The fourth-order valence-electron chi connectivity index (χ4n) is 3.62. The van der Waals surface area contributed by atoms with E-state index < -0.39 is 6.04 Å². The van der Waals surface area contributed by atoms with Crippen LogP contribution in [0, 0.1) is 5.82 Å². The molecule has 0 radical (unpaired) electrons. The largest absolute Gasteiger partial charge is 0.497 e. The second-order valence-corrected chi connectivity index (χ2v) is 7.90. The van der Waals surface area contributed by atoms with Gasteiger partial charge in [-0.2, -0.15) is 0 Å². The van der Waals surface area contributed by atoms with Crippen LogP contribution in [0.3, 0.4) is 0 Å². The summed E-state index contributed by atoms with van der Waals surface area (Å²) in [6, 6.07) is 15.5. The summed E-state index contributed by atoms with van der Waals surface area (Å²) >= 11 is 5.59. The number of thiocarbonyl (C=S) groups is 1. The SMILES string of the molecule is COc1ccc(NC(=O)C[C@@H]2C(=O)N(Cc3ccc(F)cc3)C(=S)N2Cc2ccco2)cc1. The molecule has 7 nitrogen and oxygen atoms in total. The third-order valence-electron chi connectivity index (χ3n) is 5.32. The van der Waals surface area contributed by atoms with Gasteiger partial charge >= 0.3 is 0 Å². The Labute approximate surface area is 195 Å². The van der Waals surface area contributed by atoms with Crippen molar-refractivity contribution in [3.63, 3.8) is 0 Å². The highest BCUT2D eigenvalue weighted by atomic mass is 32.1. The summed E-state index contributed by atoms with van der Waals surface area (Å²) < 4.78 is 23.8. The van der Waals surface area contributed by atoms with Crippen LogP contribution in [0.25, 0.3) is 0 Å². The Morgan fingerprint density at radius 2 is 1.85 bits per heavy atom. The van der Waals surface area contributed by atoms with Gasteiger partial charge in [-0.3, -0.25) is 14.5 Å². The second-order valence-electron chi connectivity index (χ2n) is 7.54. The van der Waals surface area contributed by atoms with Gasteiger partial charge in [0.15, 0.2) is 5.11 Å². The van der Waals surface area contributed by atoms with Crippen LogP contribution in [0.2, 0.25) is 0 Å². The number of methoxy groups -OCH3 is 1. The minimum atomic E-state index is -0.790. The number of anilines is 1. The summed E-state index contributed by atoms with van der Waals surface area (Å²) in [6.07, 6.45) is 1.45. The van der Waals surface area contributed by atoms with E-state index >= 15 is 0 Å². The number of hydrogen-bond acceptors (Lipinski definition) is 5. The van der Waals surface area contributed by atoms with Crippen molar-refractivity contribution in [2.24, 2.45) is 0 Å². The maximum absolute atomic E-state index is 13.3. The summed E-state index contributed by atoms with van der Waals surface area (Å²) in [5.41, 5.74) is 1.32. The Hall–Kier alpha value is -3.72. The molecule has 3 aromatic rings. The van der Waals surface area contributed by atoms with E-state index in [1.807, 2.05) is 0 Å². The van der Waals surface area contributed by atoms with E-state index in [1.165, 1.54) is 23.3 Å². The lowest BCUT2D eigenvalue weighted by Crippen LogP contribution is -2.37. The third-order valence-corrected chi connectivity index (χ3v) is 5.77. The number of rotatable bonds is 8. The van der Waals surface area contributed by atoms with Crippen LogP contribution < -0.4 is 10.1 Å². The lowest BCUT2D eigenvalue weighted by molar-refractivity contribution is -0.131. The van der Waals surface area contributed by atoms with E-state index in [0.29, 0.717) is 22.3 Å². The second kappa shape index (κ2) is 9.83. The molecule has 0 spiro atoms. The van der Waals surface area contributed by atoms with Gasteiger partial charge in [0.2, 0.25) is 5.91 Å². The van der Waals surface area contributed by atoms with E-state index in [-0.39, 0.29) is 37.1 Å². The fourth-order valence-corrected chi connectivity index (χ4v) is 3.97. The zero-order valence-corrected chi connectivity index (χ0v) is 18.7. The van der Waals surface area contributed by atoms with Gasteiger partial charge < -0.3 is 19.4 Å². The molecule has 4 rings (SSSR count). The molecule has 2 amide bonds. The highest BCUT2D eigenvalue weighted by molar-refractivity contribution is 7.80. The van der Waals surface area contributed by atoms with Crippen LogP contribution >= 0.6 is 12.2 Å². The Bertz CT molecular complexity index is 1130. The molecule has 0 aliphatic carbocycles. The molecule has 1 saturated heterocycles. The first kappa shape index (κ1) is 22.5. The number of benzene rings is 2. The summed E-state index contributed by atoms with van der Waals surface area (Å²) in [5.74, 6) is 0.316. The maximum atomic E-state index is 13.3. The molecule has 2 heterocycles. The minimum absolute atomic E-state index is 0.0916. The average Bonchev–Trinajstić information content (AvgIpc) is 3.40. The molecule has 170 valence electrons. The van der Waals surface area contributed by atoms with Crippen molar-refractivity contribution >= 4 is 34.8 Å². The van der Waals surface area contributed by atoms with Crippen molar-refractivity contribution in [2.45, 2.75) is 25.6 Å². The molecular formula is C24H22FN3O4S. The zero-order chi connectivity index (χ0) is 23.4. The average molecular weight is 468 g/mol. The number of amides is 2. The van der Waals surface area contributed by atoms with Gasteiger partial charge in [-0.25, -0.2) is 4.39 Å². The molecule has 0 saturated carbocycles. The van der Waals surface area contributed by atoms with Crippen LogP contribution in [-0.2, 0) is 22.7 Å². The molecule has 0 bridgehead atoms. The first-order valence-corrected chi connectivity index (χ1v) is 10.7. The molecule has 1 aromatic heterocycles. The zero-order valence-electron chi connectivity index (χ0n) is 17.9. The monoisotopic (exact) mass is 467 g/mol. The fraction of sp³-hybridized carbons (Fsp3) is 0.208. The molecule has 1 N–H and O–H groups in total. The molecule has 2 aromatic carbocycles. The van der Waals surface area contributed by atoms with E-state index in [0.717, 1.165) is 5.56 Å². The van der Waals surface area contributed by atoms with Crippen LogP contribution in [0.5, 0.6) is 5.75 Å². The van der Waals surface area contributed by atoms with Crippen LogP contribution in [0.15, 0.2) is 71.3 Å². The first-order chi connectivity index (χ1) is 15.9. The number of halogens is 1. The van der Waals surface area contributed by atoms with Gasteiger partial charge in [-0.05, 0) is 66.3 Å². The topological polar surface area (TPSA) is 75.0 Å². The number of furan rings is 1. The van der Waals surface area contributed by atoms with Crippen molar-refractivity contribution in [1.29, 1.82) is 0 Å². The van der Waals surface area contributed by atoms with Gasteiger partial charge in [0, 0.05) is 5.69 Å². The molecule has 1 aliphatic heterocycles. The van der Waals surface area contributed by atoms with Gasteiger partial charge in [0.25, 0.3) is 5.91 Å². The van der Waals surface area contributed by atoms with Crippen molar-refractivity contribution in [3.05, 3.63) is 84.1 Å². The molecular weight excluding hydrogens is 445 g/mol. The van der Waals surface area contributed by atoms with Crippen molar-refractivity contribution in [3.8, 4) is 5.75 Å². The smallest absolute Gasteiger partial charge is 0.252 e. The van der Waals surface area contributed by atoms with E-state index in [4.69, 9.17) is 21.4 Å². The van der Waals surface area contributed by atoms with Crippen LogP contribution in [0.4, 0.5) is 10.1 Å². The molecule has 1 aliphatic rings. The van der Waals surface area contributed by atoms with Gasteiger partial charge in [-0.15, -0.1) is 0 Å². The molecule has 9 heteroatoms. The summed E-state index contributed by atoms with van der Waals surface area (Å²) in [4.78, 5) is 29.2. The number of ether oxygens (including phenoxy) is 1. The molecule has 33 heavy (non-hydrogen) atoms. The Kier molecular flexibility index (Phi) is 6.69. The van der Waals surface area contributed by atoms with E-state index in [9.17, 15) is 14.0 Å². The Morgan fingerprint density at radius 1 is 1.12 bits per heavy atom. The predicted molar refractivity (Wildman–Crippen MR) is 124 cm³/mol. The Morgan fingerprint density at radius 3 is 2.48 bits per heavy atom. The molecule has 1 fully saturated rings. The van der Waals surface area contributed by atoms with Crippen LogP contribution in [-0.4, -0.2) is 39.9 Å². The summed E-state index contributed by atoms with van der Waals surface area (Å²) in [7, 11) is 1.56. The summed E-state index contributed by atoms with van der Waals surface area (Å²) in [5, 5.41) is 3.10. The number of nitrogens with one attached hydrogen (secondary N) is 1. The van der Waals surface area contributed by atoms with E-state index in [2.05, 4.69) is 5.32 Å². The predicted octanol–water partition coefficient (Wildman–Crippen LogP) is 3.95. The van der Waals surface area contributed by atoms with Crippen molar-refractivity contribution in [1.82, 2.24) is 9.80 Å². The lowest BCUT2D eigenvalue weighted by atomic mass is 10.1. The summed E-state index contributed by atoms with van der Waals surface area (Å²) in [6.45, 7) is 0.432. The van der Waals surface area contributed by atoms with Gasteiger partial charge in [0.05, 0.1) is 32.9 Å². The minimum Gasteiger partial charge on any atom is -0.497 e. The van der Waals surface area contributed by atoms with Gasteiger partial charge in [-0.1, -0.05) is 12.1 Å². The number of nitrogens with zero attached hydrogens (tertiary/aromatic N) is 2. The highest BCUT2D eigenvalue weighted by Gasteiger charge is 2.43. The van der Waals surface area contributed by atoms with Gasteiger partial charge in [0.1, 0.15) is 23.4 Å². The number of carbonyl (C=O) groups excluding carboxylic acids is 2. The molecule has 0 unspecified atom stereocenters. The Balaban J connectivity index is 1.51. The standard InChI is InChI=1S/C24H22FN3O4S/c1-31-19-10-8-18(9-11-19)26-22(29)13-21-23(30)28(14-16-4-6-17(25)7-5-16)24(33)27(21)15-20-3-2-12-32-20/h2-12,21H,13-15H2,1H3,(H,26,29)/t21-/m1/s1. The first-order valence-electron chi connectivity index (χ1n) is 10.3. The maximum Gasteiger partial charge on any atom is 0.252 e. The number of carbonyl (C=O) groups is 2. The quantitative estimate of drug-likeness (QED) is 0.506. The van der Waals surface area contributed by atoms with Crippen LogP contribution in [0.1, 0.15) is 17.7 Å². The third kappa shape index (κ3) is 5.20. The number of hydrogen-bond donors (Lipinski definition) is 1. The van der Waals surface area contributed by atoms with Crippen molar-refractivity contribution in [2.75, 3.05) is 12.4 Å². The van der Waals surface area contributed by atoms with E-state index in [1.54, 1.807) is 60.5 Å². The van der Waals surface area contributed by atoms with Crippen molar-refractivity contribution < 1.29 is 23.1 Å². The normalized spacial score (nSPS) is 15.8. The molecule has 1 atom stereocenters.